The number of halogens is 2. The van der Waals surface area contributed by atoms with Gasteiger partial charge in [0.15, 0.2) is 21.2 Å². The first-order valence-electron chi connectivity index (χ1n) is 11.7. The van der Waals surface area contributed by atoms with Crippen LogP contribution in [0, 0.1) is 17.8 Å². The lowest BCUT2D eigenvalue weighted by molar-refractivity contribution is -0.141. The van der Waals surface area contributed by atoms with E-state index in [0.717, 1.165) is 4.90 Å². The number of imide groups is 2. The zero-order valence-electron chi connectivity index (χ0n) is 19.6. The predicted molar refractivity (Wildman–Crippen MR) is 127 cm³/mol. The molecule has 0 unspecified atom stereocenters. The summed E-state index contributed by atoms with van der Waals surface area (Å²) >= 11 is 14.2. The Bertz CT molecular complexity index is 1200. The maximum absolute atomic E-state index is 13.5. The van der Waals surface area contributed by atoms with Crippen molar-refractivity contribution in [1.82, 2.24) is 9.80 Å². The van der Waals surface area contributed by atoms with Gasteiger partial charge in [-0.3, -0.25) is 29.0 Å². The Hall–Kier alpha value is -2.58. The molecule has 2 aliphatic heterocycles. The van der Waals surface area contributed by atoms with Crippen LogP contribution in [0.3, 0.4) is 0 Å². The topological polar surface area (TPSA) is 104 Å². The molecule has 2 heterocycles. The second kappa shape index (κ2) is 7.96. The van der Waals surface area contributed by atoms with Gasteiger partial charge in [0.2, 0.25) is 11.8 Å². The lowest BCUT2D eigenvalue weighted by Gasteiger charge is -2.50. The molecule has 35 heavy (non-hydrogen) atoms. The van der Waals surface area contributed by atoms with Crippen molar-refractivity contribution in [2.24, 2.45) is 17.8 Å². The van der Waals surface area contributed by atoms with Crippen LogP contribution in [-0.2, 0) is 19.2 Å². The number of carbonyl (C=O) groups excluding carboxylic acids is 4. The number of aromatic hydroxyl groups is 1. The van der Waals surface area contributed by atoms with Crippen LogP contribution >= 0.6 is 23.2 Å². The summed E-state index contributed by atoms with van der Waals surface area (Å²) in [6.07, 6.45) is 2.06. The van der Waals surface area contributed by atoms with Gasteiger partial charge in [0, 0.05) is 25.1 Å². The molecule has 0 spiro atoms. The summed E-state index contributed by atoms with van der Waals surface area (Å²) in [7, 11) is 1.33. The van der Waals surface area contributed by atoms with E-state index >= 15 is 0 Å². The fraction of sp³-hybridized carbons (Fsp3) is 0.520. The molecule has 0 radical (unpaired) electrons. The Morgan fingerprint density at radius 2 is 1.80 bits per heavy atom. The number of carbonyl (C=O) groups is 4. The molecule has 10 heteroatoms. The summed E-state index contributed by atoms with van der Waals surface area (Å²) in [5, 5.41) is 11.2. The Morgan fingerprint density at radius 3 is 2.46 bits per heavy atom. The SMILES string of the molecule is CCOc1cccc([C@H]2C3=CC[C@@H]4C(=O)N(CC)C(=O)[C@@H]4[C@@H]3C[C@@]3(Cl)C(=O)N(C)C(=O)[C@@]23Cl)c1O. The van der Waals surface area contributed by atoms with Crippen LogP contribution in [0.2, 0.25) is 0 Å². The van der Waals surface area contributed by atoms with Crippen molar-refractivity contribution in [2.45, 2.75) is 42.4 Å². The fourth-order valence-electron chi connectivity index (χ4n) is 6.51. The molecule has 8 nitrogen and oxygen atoms in total. The van der Waals surface area contributed by atoms with Crippen molar-refractivity contribution in [3.05, 3.63) is 35.4 Å². The van der Waals surface area contributed by atoms with Gasteiger partial charge in [0.1, 0.15) is 0 Å². The second-order valence-corrected chi connectivity index (χ2v) is 10.8. The van der Waals surface area contributed by atoms with Crippen molar-refractivity contribution < 1.29 is 29.0 Å². The summed E-state index contributed by atoms with van der Waals surface area (Å²) in [5.41, 5.74) is 0.919. The number of amides is 4. The second-order valence-electron chi connectivity index (χ2n) is 9.55. The molecule has 4 amide bonds. The lowest BCUT2D eigenvalue weighted by atomic mass is 9.56. The minimum atomic E-state index is -1.94. The van der Waals surface area contributed by atoms with Gasteiger partial charge in [0.05, 0.1) is 18.4 Å². The molecule has 2 aliphatic carbocycles. The largest absolute Gasteiger partial charge is 0.504 e. The van der Waals surface area contributed by atoms with Crippen molar-refractivity contribution in [3.63, 3.8) is 0 Å². The highest BCUT2D eigenvalue weighted by Crippen LogP contribution is 2.66. The third-order valence-electron chi connectivity index (χ3n) is 8.06. The van der Waals surface area contributed by atoms with Gasteiger partial charge in [-0.15, -0.1) is 23.2 Å². The zero-order chi connectivity index (χ0) is 25.4. The van der Waals surface area contributed by atoms with E-state index in [1.807, 2.05) is 6.08 Å². The van der Waals surface area contributed by atoms with E-state index in [4.69, 9.17) is 27.9 Å². The third-order valence-corrected chi connectivity index (χ3v) is 9.48. The first kappa shape index (κ1) is 24.1. The number of fused-ring (bicyclic) bond motifs is 4. The Kier molecular flexibility index (Phi) is 5.49. The standard InChI is InChI=1S/C25H26Cl2N2O6/c1-4-29-20(31)13-10-9-12-15(17(13)21(29)32)11-24(26)22(33)28(3)23(34)25(24,27)18(12)14-7-6-8-16(19(14)30)35-5-2/h6-9,13,15,17-18,30H,4-5,10-11H2,1-3H3/t13-,15+,17-,18+,24+,25-/m0/s1. The monoisotopic (exact) mass is 520 g/mol. The minimum Gasteiger partial charge on any atom is -0.504 e. The minimum absolute atomic E-state index is 0.0705. The zero-order valence-corrected chi connectivity index (χ0v) is 21.1. The summed E-state index contributed by atoms with van der Waals surface area (Å²) in [6.45, 7) is 4.06. The highest BCUT2D eigenvalue weighted by Gasteiger charge is 2.76. The van der Waals surface area contributed by atoms with Crippen LogP contribution in [0.5, 0.6) is 11.5 Å². The van der Waals surface area contributed by atoms with Gasteiger partial charge in [-0.05, 0) is 38.7 Å². The number of phenolic OH excluding ortho intramolecular Hbond substituents is 1. The van der Waals surface area contributed by atoms with Crippen molar-refractivity contribution in [3.8, 4) is 11.5 Å². The van der Waals surface area contributed by atoms with Crippen molar-refractivity contribution >= 4 is 46.8 Å². The third kappa shape index (κ3) is 2.87. The average molecular weight is 521 g/mol. The van der Waals surface area contributed by atoms with Gasteiger partial charge in [-0.25, -0.2) is 0 Å². The molecular formula is C25H26Cl2N2O6. The average Bonchev–Trinajstić information content (AvgIpc) is 3.15. The molecule has 0 bridgehead atoms. The Morgan fingerprint density at radius 1 is 1.09 bits per heavy atom. The van der Waals surface area contributed by atoms with Gasteiger partial charge in [-0.1, -0.05) is 23.8 Å². The van der Waals surface area contributed by atoms with E-state index in [0.29, 0.717) is 18.6 Å². The van der Waals surface area contributed by atoms with Crippen LogP contribution in [-0.4, -0.2) is 68.5 Å². The lowest BCUT2D eigenvalue weighted by Crippen LogP contribution is -2.60. The van der Waals surface area contributed by atoms with Crippen LogP contribution in [0.1, 0.15) is 38.2 Å². The maximum atomic E-state index is 13.5. The van der Waals surface area contributed by atoms with Gasteiger partial charge in [-0.2, -0.15) is 0 Å². The molecule has 5 rings (SSSR count). The molecule has 6 atom stereocenters. The van der Waals surface area contributed by atoms with Crippen molar-refractivity contribution in [2.75, 3.05) is 20.2 Å². The number of hydrogen-bond acceptors (Lipinski definition) is 6. The normalized spacial score (nSPS) is 36.2. The smallest absolute Gasteiger partial charge is 0.253 e. The van der Waals surface area contributed by atoms with Crippen LogP contribution in [0.25, 0.3) is 0 Å². The molecule has 2 saturated heterocycles. The number of allylic oxidation sites excluding steroid dienone is 2. The number of rotatable bonds is 4. The van der Waals surface area contributed by atoms with E-state index in [1.165, 1.54) is 11.9 Å². The number of phenols is 1. The van der Waals surface area contributed by atoms with Crippen LogP contribution in [0.15, 0.2) is 29.8 Å². The van der Waals surface area contributed by atoms with Crippen molar-refractivity contribution in [1.29, 1.82) is 0 Å². The molecule has 4 aliphatic rings. The summed E-state index contributed by atoms with van der Waals surface area (Å²) in [4.78, 5) is 51.5. The molecule has 1 aromatic carbocycles. The van der Waals surface area contributed by atoms with Gasteiger partial charge >= 0.3 is 0 Å². The number of ether oxygens (including phenoxy) is 1. The quantitative estimate of drug-likeness (QED) is 0.371. The van der Waals surface area contributed by atoms with Crippen LogP contribution in [0.4, 0.5) is 0 Å². The molecule has 1 N–H and O–H groups in total. The predicted octanol–water partition coefficient (Wildman–Crippen LogP) is 2.80. The highest BCUT2D eigenvalue weighted by atomic mass is 35.5. The van der Waals surface area contributed by atoms with E-state index in [9.17, 15) is 24.3 Å². The number of alkyl halides is 2. The molecule has 0 aromatic heterocycles. The van der Waals surface area contributed by atoms with E-state index in [-0.39, 0.29) is 41.8 Å². The van der Waals surface area contributed by atoms with E-state index in [2.05, 4.69) is 0 Å². The number of para-hydroxylation sites is 1. The first-order valence-corrected chi connectivity index (χ1v) is 12.5. The summed E-state index contributed by atoms with van der Waals surface area (Å²) in [5.74, 6) is -4.77. The molecule has 1 aromatic rings. The maximum Gasteiger partial charge on any atom is 0.253 e. The molecule has 1 saturated carbocycles. The summed E-state index contributed by atoms with van der Waals surface area (Å²) in [6, 6.07) is 4.88. The molecule has 3 fully saturated rings. The Labute approximate surface area is 212 Å². The number of benzene rings is 1. The number of nitrogens with zero attached hydrogens (tertiary/aromatic N) is 2. The first-order chi connectivity index (χ1) is 16.5. The Balaban J connectivity index is 1.75. The fourth-order valence-corrected chi connectivity index (χ4v) is 7.52. The van der Waals surface area contributed by atoms with E-state index in [1.54, 1.807) is 32.0 Å². The molecule has 186 valence electrons. The highest BCUT2D eigenvalue weighted by molar-refractivity contribution is 6.53. The van der Waals surface area contributed by atoms with Gasteiger partial charge in [0.25, 0.3) is 11.8 Å². The summed E-state index contributed by atoms with van der Waals surface area (Å²) < 4.78 is 5.56. The van der Waals surface area contributed by atoms with Gasteiger partial charge < -0.3 is 9.84 Å². The van der Waals surface area contributed by atoms with Crippen LogP contribution < -0.4 is 4.74 Å². The molecular weight excluding hydrogens is 495 g/mol. The number of hydrogen-bond donors (Lipinski definition) is 1. The van der Waals surface area contributed by atoms with E-state index < -0.39 is 45.2 Å². The number of likely N-dealkylation sites (tertiary alicyclic amines) is 2.